The molecule has 0 aliphatic heterocycles. The molecule has 100 valence electrons. The molecule has 0 saturated heterocycles. The second-order valence-corrected chi connectivity index (χ2v) is 5.33. The predicted molar refractivity (Wildman–Crippen MR) is 68.2 cm³/mol. The van der Waals surface area contributed by atoms with Crippen LogP contribution < -0.4 is 5.73 Å². The van der Waals surface area contributed by atoms with Crippen molar-refractivity contribution in [2.45, 2.75) is 25.3 Å². The zero-order chi connectivity index (χ0) is 13.6. The summed E-state index contributed by atoms with van der Waals surface area (Å²) >= 11 is 0. The van der Waals surface area contributed by atoms with E-state index < -0.39 is 17.2 Å². The first-order chi connectivity index (χ1) is 8.98. The van der Waals surface area contributed by atoms with Gasteiger partial charge in [-0.15, -0.1) is 0 Å². The smallest absolute Gasteiger partial charge is 0.135 e. The first-order valence-electron chi connectivity index (χ1n) is 6.28. The number of hydrogen-bond acceptors (Lipinski definition) is 2. The van der Waals surface area contributed by atoms with Crippen LogP contribution in [0.1, 0.15) is 25.6 Å². The van der Waals surface area contributed by atoms with Gasteiger partial charge in [0.2, 0.25) is 0 Å². The summed E-state index contributed by atoms with van der Waals surface area (Å²) in [5, 5.41) is 0. The van der Waals surface area contributed by atoms with E-state index in [1.165, 1.54) is 12.1 Å². The van der Waals surface area contributed by atoms with E-state index in [1.807, 2.05) is 6.92 Å². The van der Waals surface area contributed by atoms with E-state index in [2.05, 4.69) is 9.97 Å². The van der Waals surface area contributed by atoms with E-state index in [9.17, 15) is 8.78 Å². The highest BCUT2D eigenvalue weighted by atomic mass is 19.1. The monoisotopic (exact) mass is 263 g/mol. The van der Waals surface area contributed by atoms with Gasteiger partial charge in [-0.2, -0.15) is 0 Å². The summed E-state index contributed by atoms with van der Waals surface area (Å²) in [6.07, 6.45) is 3.72. The van der Waals surface area contributed by atoms with Gasteiger partial charge in [-0.3, -0.25) is 0 Å². The number of rotatable bonds is 3. The minimum absolute atomic E-state index is 0.298. The van der Waals surface area contributed by atoms with Gasteiger partial charge in [-0.25, -0.2) is 13.8 Å². The lowest BCUT2D eigenvalue weighted by atomic mass is 9.97. The minimum atomic E-state index is -0.611. The highest BCUT2D eigenvalue weighted by Crippen LogP contribution is 2.43. The van der Waals surface area contributed by atoms with E-state index in [0.717, 1.165) is 18.9 Å². The molecule has 1 aromatic heterocycles. The van der Waals surface area contributed by atoms with Gasteiger partial charge >= 0.3 is 0 Å². The standard InChI is InChI=1S/C14H15F2N3/c1-14(17,8-2-3-8)13-18-7-12(19-13)10-5-4-9(15)6-11(10)16/h4-8H,2-3,17H2,1H3,(H,18,19). The quantitative estimate of drug-likeness (QED) is 0.894. The number of halogens is 2. The van der Waals surface area contributed by atoms with Gasteiger partial charge in [-0.05, 0) is 37.8 Å². The van der Waals surface area contributed by atoms with Crippen LogP contribution in [0.3, 0.4) is 0 Å². The lowest BCUT2D eigenvalue weighted by Crippen LogP contribution is -2.36. The molecule has 1 unspecified atom stereocenters. The number of H-pyrrole nitrogens is 1. The van der Waals surface area contributed by atoms with Crippen molar-refractivity contribution in [3.05, 3.63) is 41.9 Å². The van der Waals surface area contributed by atoms with E-state index in [4.69, 9.17) is 5.73 Å². The minimum Gasteiger partial charge on any atom is -0.340 e. The highest BCUT2D eigenvalue weighted by Gasteiger charge is 2.41. The summed E-state index contributed by atoms with van der Waals surface area (Å²) in [5.74, 6) is -0.138. The van der Waals surface area contributed by atoms with E-state index in [1.54, 1.807) is 6.20 Å². The van der Waals surface area contributed by atoms with E-state index >= 15 is 0 Å². The third kappa shape index (κ3) is 2.14. The number of nitrogens with one attached hydrogen (secondary N) is 1. The van der Waals surface area contributed by atoms with Crippen molar-refractivity contribution in [2.75, 3.05) is 0 Å². The number of aromatic nitrogens is 2. The molecule has 0 amide bonds. The highest BCUT2D eigenvalue weighted by molar-refractivity contribution is 5.59. The molecule has 1 aromatic carbocycles. The van der Waals surface area contributed by atoms with Crippen molar-refractivity contribution in [3.8, 4) is 11.3 Å². The van der Waals surface area contributed by atoms with Crippen LogP contribution in [0.2, 0.25) is 0 Å². The maximum Gasteiger partial charge on any atom is 0.135 e. The van der Waals surface area contributed by atoms with Crippen molar-refractivity contribution < 1.29 is 8.78 Å². The van der Waals surface area contributed by atoms with Crippen molar-refractivity contribution in [1.82, 2.24) is 9.97 Å². The molecule has 1 fully saturated rings. The summed E-state index contributed by atoms with van der Waals surface area (Å²) in [6, 6.07) is 3.48. The van der Waals surface area contributed by atoms with Crippen LogP contribution in [0, 0.1) is 17.6 Å². The Morgan fingerprint density at radius 1 is 1.37 bits per heavy atom. The number of hydrogen-bond donors (Lipinski definition) is 2. The van der Waals surface area contributed by atoms with Crippen LogP contribution in [-0.2, 0) is 5.54 Å². The zero-order valence-electron chi connectivity index (χ0n) is 10.6. The third-order valence-electron chi connectivity index (χ3n) is 3.73. The summed E-state index contributed by atoms with van der Waals surface area (Å²) in [5.41, 5.74) is 6.55. The topological polar surface area (TPSA) is 54.7 Å². The number of aromatic amines is 1. The Morgan fingerprint density at radius 2 is 2.11 bits per heavy atom. The second-order valence-electron chi connectivity index (χ2n) is 5.33. The molecule has 2 aromatic rings. The Bertz CT molecular complexity index is 615. The fourth-order valence-corrected chi connectivity index (χ4v) is 2.32. The Hall–Kier alpha value is -1.75. The molecular weight excluding hydrogens is 248 g/mol. The van der Waals surface area contributed by atoms with Gasteiger partial charge in [0.15, 0.2) is 0 Å². The molecule has 0 bridgehead atoms. The summed E-state index contributed by atoms with van der Waals surface area (Å²) < 4.78 is 26.6. The van der Waals surface area contributed by atoms with Gasteiger partial charge in [0, 0.05) is 11.6 Å². The first-order valence-corrected chi connectivity index (χ1v) is 6.28. The van der Waals surface area contributed by atoms with Crippen molar-refractivity contribution in [1.29, 1.82) is 0 Å². The van der Waals surface area contributed by atoms with Gasteiger partial charge in [-0.1, -0.05) is 0 Å². The average Bonchev–Trinajstić information content (AvgIpc) is 3.09. The number of imidazole rings is 1. The first kappa shape index (κ1) is 12.3. The van der Waals surface area contributed by atoms with Crippen molar-refractivity contribution >= 4 is 0 Å². The van der Waals surface area contributed by atoms with Crippen LogP contribution in [-0.4, -0.2) is 9.97 Å². The normalized spacial score (nSPS) is 18.3. The van der Waals surface area contributed by atoms with Gasteiger partial charge in [0.05, 0.1) is 17.4 Å². The van der Waals surface area contributed by atoms with E-state index in [-0.39, 0.29) is 0 Å². The molecule has 3 rings (SSSR count). The second kappa shape index (κ2) is 4.13. The Kier molecular flexibility index (Phi) is 2.67. The van der Waals surface area contributed by atoms with Crippen LogP contribution >= 0.6 is 0 Å². The maximum atomic E-state index is 13.7. The Labute approximate surface area is 109 Å². The van der Waals surface area contributed by atoms with Gasteiger partial charge < -0.3 is 10.7 Å². The largest absolute Gasteiger partial charge is 0.340 e. The predicted octanol–water partition coefficient (Wildman–Crippen LogP) is 2.94. The van der Waals surface area contributed by atoms with Gasteiger partial charge in [0.25, 0.3) is 0 Å². The molecule has 1 aliphatic carbocycles. The molecule has 0 spiro atoms. The molecule has 0 radical (unpaired) electrons. The molecule has 19 heavy (non-hydrogen) atoms. The fourth-order valence-electron chi connectivity index (χ4n) is 2.32. The lowest BCUT2D eigenvalue weighted by Gasteiger charge is -2.21. The summed E-state index contributed by atoms with van der Waals surface area (Å²) in [6.45, 7) is 1.92. The molecule has 1 atom stereocenters. The molecule has 3 nitrogen and oxygen atoms in total. The van der Waals surface area contributed by atoms with Crippen molar-refractivity contribution in [2.24, 2.45) is 11.7 Å². The summed E-state index contributed by atoms with van der Waals surface area (Å²) in [7, 11) is 0. The number of nitrogens with zero attached hydrogens (tertiary/aromatic N) is 1. The lowest BCUT2D eigenvalue weighted by molar-refractivity contribution is 0.404. The SMILES string of the molecule is CC(N)(c1ncc(-c2ccc(F)cc2F)[nH]1)C1CC1. The van der Waals surface area contributed by atoms with Crippen LogP contribution in [0.4, 0.5) is 8.78 Å². The van der Waals surface area contributed by atoms with Crippen LogP contribution in [0.15, 0.2) is 24.4 Å². The van der Waals surface area contributed by atoms with Crippen LogP contribution in [0.5, 0.6) is 0 Å². The van der Waals surface area contributed by atoms with Crippen LogP contribution in [0.25, 0.3) is 11.3 Å². The van der Waals surface area contributed by atoms with Crippen molar-refractivity contribution in [3.63, 3.8) is 0 Å². The average molecular weight is 263 g/mol. The fraction of sp³-hybridized carbons (Fsp3) is 0.357. The van der Waals surface area contributed by atoms with E-state index in [0.29, 0.717) is 23.0 Å². The molecule has 3 N–H and O–H groups in total. The number of benzene rings is 1. The summed E-state index contributed by atoms with van der Waals surface area (Å²) in [4.78, 5) is 7.30. The van der Waals surface area contributed by atoms with Gasteiger partial charge in [0.1, 0.15) is 17.5 Å². The molecule has 1 aliphatic rings. The number of nitrogens with two attached hydrogens (primary N) is 1. The molecule has 5 heteroatoms. The Morgan fingerprint density at radius 3 is 2.74 bits per heavy atom. The molecule has 1 saturated carbocycles. The zero-order valence-corrected chi connectivity index (χ0v) is 10.6. The third-order valence-corrected chi connectivity index (χ3v) is 3.73. The molecular formula is C14H15F2N3. The molecule has 1 heterocycles. The Balaban J connectivity index is 1.96. The maximum absolute atomic E-state index is 13.7.